The minimum absolute atomic E-state index is 0.265. The number of nitrogens with one attached hydrogen (secondary N) is 2. The van der Waals surface area contributed by atoms with Crippen LogP contribution >= 0.6 is 0 Å². The lowest BCUT2D eigenvalue weighted by Gasteiger charge is -2.13. The number of hydrogen-bond donors (Lipinski definition) is 2. The van der Waals surface area contributed by atoms with Crippen molar-refractivity contribution >= 4 is 15.7 Å². The molecule has 0 spiro atoms. The molecule has 0 amide bonds. The number of aryl methyl sites for hydroxylation is 1. The molecule has 2 N–H and O–H groups in total. The topological polar surface area (TPSA) is 63.1 Å². The zero-order valence-electron chi connectivity index (χ0n) is 12.3. The van der Waals surface area contributed by atoms with Gasteiger partial charge in [-0.15, -0.1) is 0 Å². The first-order valence-electron chi connectivity index (χ1n) is 6.99. The standard InChI is InChI=1S/C15H21N3O2S/c1-3-10-18-11-6-7-13(18)12-17-14-8-4-5-9-15(14)21(19,20)16-2/h4-9,11,16-17H,3,10,12H2,1-2H3. The summed E-state index contributed by atoms with van der Waals surface area (Å²) < 4.78 is 28.5. The Labute approximate surface area is 126 Å². The van der Waals surface area contributed by atoms with Crippen LogP contribution in [0.3, 0.4) is 0 Å². The van der Waals surface area contributed by atoms with Crippen molar-refractivity contribution < 1.29 is 8.42 Å². The Morgan fingerprint density at radius 3 is 2.62 bits per heavy atom. The van der Waals surface area contributed by atoms with E-state index in [4.69, 9.17) is 0 Å². The van der Waals surface area contributed by atoms with E-state index in [0.29, 0.717) is 12.2 Å². The number of sulfonamides is 1. The minimum Gasteiger partial charge on any atom is -0.378 e. The average Bonchev–Trinajstić information content (AvgIpc) is 2.93. The van der Waals surface area contributed by atoms with Gasteiger partial charge in [-0.1, -0.05) is 19.1 Å². The van der Waals surface area contributed by atoms with Gasteiger partial charge in [-0.2, -0.15) is 0 Å². The summed E-state index contributed by atoms with van der Waals surface area (Å²) in [6.45, 7) is 3.68. The number of benzene rings is 1. The van der Waals surface area contributed by atoms with Crippen molar-refractivity contribution in [2.45, 2.75) is 31.3 Å². The summed E-state index contributed by atoms with van der Waals surface area (Å²) in [5.74, 6) is 0. The van der Waals surface area contributed by atoms with Gasteiger partial charge in [-0.3, -0.25) is 0 Å². The highest BCUT2D eigenvalue weighted by Crippen LogP contribution is 2.21. The molecule has 114 valence electrons. The Morgan fingerprint density at radius 1 is 1.14 bits per heavy atom. The van der Waals surface area contributed by atoms with Crippen LogP contribution in [0.4, 0.5) is 5.69 Å². The van der Waals surface area contributed by atoms with Gasteiger partial charge in [-0.05, 0) is 37.7 Å². The molecule has 1 aromatic carbocycles. The molecule has 0 aliphatic carbocycles. The normalized spacial score (nSPS) is 11.5. The molecule has 0 unspecified atom stereocenters. The molecule has 0 radical (unpaired) electrons. The number of anilines is 1. The van der Waals surface area contributed by atoms with E-state index in [1.54, 1.807) is 18.2 Å². The molecule has 21 heavy (non-hydrogen) atoms. The third-order valence-electron chi connectivity index (χ3n) is 3.29. The fourth-order valence-electron chi connectivity index (χ4n) is 2.21. The monoisotopic (exact) mass is 307 g/mol. The predicted molar refractivity (Wildman–Crippen MR) is 84.7 cm³/mol. The number of nitrogens with zero attached hydrogens (tertiary/aromatic N) is 1. The molecule has 0 fully saturated rings. The van der Waals surface area contributed by atoms with Gasteiger partial charge in [0.1, 0.15) is 4.90 Å². The van der Waals surface area contributed by atoms with Gasteiger partial charge in [0.15, 0.2) is 0 Å². The van der Waals surface area contributed by atoms with Gasteiger partial charge < -0.3 is 9.88 Å². The maximum atomic E-state index is 12.0. The van der Waals surface area contributed by atoms with Crippen molar-refractivity contribution in [2.75, 3.05) is 12.4 Å². The van der Waals surface area contributed by atoms with Crippen molar-refractivity contribution in [2.24, 2.45) is 0 Å². The molecule has 0 aliphatic rings. The van der Waals surface area contributed by atoms with E-state index >= 15 is 0 Å². The summed E-state index contributed by atoms with van der Waals surface area (Å²) in [7, 11) is -2.04. The largest absolute Gasteiger partial charge is 0.378 e. The van der Waals surface area contributed by atoms with Crippen molar-refractivity contribution in [1.29, 1.82) is 0 Å². The second-order valence-corrected chi connectivity index (χ2v) is 6.61. The van der Waals surface area contributed by atoms with Gasteiger partial charge in [0.05, 0.1) is 12.2 Å². The van der Waals surface area contributed by atoms with E-state index in [0.717, 1.165) is 18.7 Å². The van der Waals surface area contributed by atoms with E-state index in [1.165, 1.54) is 7.05 Å². The molecule has 5 nitrogen and oxygen atoms in total. The van der Waals surface area contributed by atoms with Crippen molar-refractivity contribution in [3.63, 3.8) is 0 Å². The smallest absolute Gasteiger partial charge is 0.242 e. The first kappa shape index (κ1) is 15.6. The summed E-state index contributed by atoms with van der Waals surface area (Å²) in [5, 5.41) is 3.21. The van der Waals surface area contributed by atoms with E-state index in [2.05, 4.69) is 21.5 Å². The summed E-state index contributed by atoms with van der Waals surface area (Å²) in [4.78, 5) is 0.265. The van der Waals surface area contributed by atoms with Gasteiger partial charge >= 0.3 is 0 Å². The highest BCUT2D eigenvalue weighted by Gasteiger charge is 2.15. The zero-order chi connectivity index (χ0) is 15.3. The van der Waals surface area contributed by atoms with E-state index in [1.807, 2.05) is 24.4 Å². The van der Waals surface area contributed by atoms with Crippen LogP contribution in [0, 0.1) is 0 Å². The minimum atomic E-state index is -3.46. The molecule has 2 aromatic rings. The van der Waals surface area contributed by atoms with Crippen molar-refractivity contribution in [3.8, 4) is 0 Å². The Morgan fingerprint density at radius 2 is 1.90 bits per heavy atom. The predicted octanol–water partition coefficient (Wildman–Crippen LogP) is 2.42. The Kier molecular flexibility index (Phi) is 5.03. The van der Waals surface area contributed by atoms with Crippen LogP contribution in [-0.4, -0.2) is 20.0 Å². The molecule has 0 bridgehead atoms. The summed E-state index contributed by atoms with van der Waals surface area (Å²) in [6.07, 6.45) is 3.10. The van der Waals surface area contributed by atoms with Crippen LogP contribution in [0.25, 0.3) is 0 Å². The third-order valence-corrected chi connectivity index (χ3v) is 4.77. The molecular formula is C15H21N3O2S. The number of rotatable bonds is 7. The van der Waals surface area contributed by atoms with Crippen LogP contribution in [0.1, 0.15) is 19.0 Å². The molecular weight excluding hydrogens is 286 g/mol. The third kappa shape index (κ3) is 3.65. The highest BCUT2D eigenvalue weighted by atomic mass is 32.2. The quantitative estimate of drug-likeness (QED) is 0.826. The Hall–Kier alpha value is -1.79. The average molecular weight is 307 g/mol. The van der Waals surface area contributed by atoms with Crippen molar-refractivity contribution in [3.05, 3.63) is 48.3 Å². The molecule has 0 aliphatic heterocycles. The molecule has 1 heterocycles. The molecule has 6 heteroatoms. The maximum absolute atomic E-state index is 12.0. The van der Waals surface area contributed by atoms with Gasteiger partial charge in [0, 0.05) is 18.4 Å². The van der Waals surface area contributed by atoms with Gasteiger partial charge in [0.2, 0.25) is 10.0 Å². The number of para-hydroxylation sites is 1. The van der Waals surface area contributed by atoms with Gasteiger partial charge in [0.25, 0.3) is 0 Å². The van der Waals surface area contributed by atoms with Gasteiger partial charge in [-0.25, -0.2) is 13.1 Å². The molecule has 0 atom stereocenters. The molecule has 0 saturated carbocycles. The first-order valence-corrected chi connectivity index (χ1v) is 8.47. The van der Waals surface area contributed by atoms with E-state index < -0.39 is 10.0 Å². The lowest BCUT2D eigenvalue weighted by Crippen LogP contribution is -2.20. The van der Waals surface area contributed by atoms with Crippen LogP contribution in [0.2, 0.25) is 0 Å². The Bertz CT molecular complexity index is 692. The van der Waals surface area contributed by atoms with Crippen molar-refractivity contribution in [1.82, 2.24) is 9.29 Å². The SMILES string of the molecule is CCCn1cccc1CNc1ccccc1S(=O)(=O)NC. The van der Waals surface area contributed by atoms with Crippen LogP contribution in [-0.2, 0) is 23.1 Å². The molecule has 1 aromatic heterocycles. The Balaban J connectivity index is 2.19. The number of aromatic nitrogens is 1. The maximum Gasteiger partial charge on any atom is 0.242 e. The lowest BCUT2D eigenvalue weighted by atomic mass is 10.3. The zero-order valence-corrected chi connectivity index (χ0v) is 13.2. The summed E-state index contributed by atoms with van der Waals surface area (Å²) >= 11 is 0. The number of hydrogen-bond acceptors (Lipinski definition) is 3. The second-order valence-electron chi connectivity index (χ2n) is 4.75. The van der Waals surface area contributed by atoms with E-state index in [-0.39, 0.29) is 4.90 Å². The van der Waals surface area contributed by atoms with E-state index in [9.17, 15) is 8.42 Å². The summed E-state index contributed by atoms with van der Waals surface area (Å²) in [6, 6.07) is 11.0. The fourth-order valence-corrected chi connectivity index (χ4v) is 3.12. The fraction of sp³-hybridized carbons (Fsp3) is 0.333. The first-order chi connectivity index (χ1) is 10.1. The second kappa shape index (κ2) is 6.78. The highest BCUT2D eigenvalue weighted by molar-refractivity contribution is 7.89. The summed E-state index contributed by atoms with van der Waals surface area (Å²) in [5.41, 5.74) is 1.74. The molecule has 0 saturated heterocycles. The van der Waals surface area contributed by atoms with Crippen LogP contribution < -0.4 is 10.0 Å². The van der Waals surface area contributed by atoms with Crippen LogP contribution in [0.15, 0.2) is 47.5 Å². The van der Waals surface area contributed by atoms with Crippen LogP contribution in [0.5, 0.6) is 0 Å². The lowest BCUT2D eigenvalue weighted by molar-refractivity contribution is 0.588. The molecule has 2 rings (SSSR count).